The van der Waals surface area contributed by atoms with Crippen molar-refractivity contribution in [2.45, 2.75) is 48.8 Å². The predicted molar refractivity (Wildman–Crippen MR) is 111 cm³/mol. The summed E-state index contributed by atoms with van der Waals surface area (Å²) in [5, 5.41) is 7.07. The lowest BCUT2D eigenvalue weighted by atomic mass is 9.92. The fourth-order valence-corrected chi connectivity index (χ4v) is 5.97. The lowest BCUT2D eigenvalue weighted by Gasteiger charge is -2.37. The summed E-state index contributed by atoms with van der Waals surface area (Å²) in [6.45, 7) is 0.710. The van der Waals surface area contributed by atoms with Crippen molar-refractivity contribution in [3.63, 3.8) is 0 Å². The molecule has 1 aromatic carbocycles. The Morgan fingerprint density at radius 1 is 1.15 bits per heavy atom. The highest BCUT2D eigenvalue weighted by atomic mass is 32.2. The summed E-state index contributed by atoms with van der Waals surface area (Å²) in [6, 6.07) is 10.1. The first-order chi connectivity index (χ1) is 13.2. The molecule has 2 aliphatic rings. The minimum Gasteiger partial charge on any atom is -0.331 e. The SMILES string of the molecule is O=C(Nc1ccccc1SCc1ccsc1)C(=O)N1CCCC2CCCC21. The fraction of sp³-hybridized carbons (Fsp3) is 0.429. The second kappa shape index (κ2) is 8.48. The van der Waals surface area contributed by atoms with Gasteiger partial charge in [0.1, 0.15) is 0 Å². The molecule has 1 aliphatic heterocycles. The molecule has 1 saturated heterocycles. The van der Waals surface area contributed by atoms with Gasteiger partial charge in [-0.05, 0) is 66.1 Å². The summed E-state index contributed by atoms with van der Waals surface area (Å²) in [5.74, 6) is 0.555. The van der Waals surface area contributed by atoms with Crippen LogP contribution in [0.1, 0.15) is 37.7 Å². The standard InChI is InChI=1S/C21H24N2O2S2/c24-20(21(25)23-11-4-6-16-5-3-8-18(16)23)22-17-7-1-2-9-19(17)27-14-15-10-12-26-13-15/h1-2,7,9-10,12-13,16,18H,3-6,8,11,14H2,(H,22,24). The molecule has 2 fully saturated rings. The summed E-state index contributed by atoms with van der Waals surface area (Å²) < 4.78 is 0. The Kier molecular flexibility index (Phi) is 5.83. The van der Waals surface area contributed by atoms with Crippen molar-refractivity contribution in [3.8, 4) is 0 Å². The molecule has 0 radical (unpaired) electrons. The number of hydrogen-bond donors (Lipinski definition) is 1. The highest BCUT2D eigenvalue weighted by Crippen LogP contribution is 2.37. The molecule has 1 N–H and O–H groups in total. The molecule has 2 heterocycles. The molecule has 142 valence electrons. The van der Waals surface area contributed by atoms with Crippen LogP contribution in [0.5, 0.6) is 0 Å². The Labute approximate surface area is 168 Å². The van der Waals surface area contributed by atoms with Gasteiger partial charge in [0.2, 0.25) is 0 Å². The average Bonchev–Trinajstić information content (AvgIpc) is 3.38. The van der Waals surface area contributed by atoms with E-state index in [1.54, 1.807) is 23.1 Å². The third kappa shape index (κ3) is 4.22. The van der Waals surface area contributed by atoms with Crippen LogP contribution in [0.2, 0.25) is 0 Å². The molecule has 0 spiro atoms. The summed E-state index contributed by atoms with van der Waals surface area (Å²) >= 11 is 3.36. The third-order valence-corrected chi connectivity index (χ3v) is 7.43. The number of benzene rings is 1. The number of piperidine rings is 1. The normalized spacial score (nSPS) is 21.7. The zero-order chi connectivity index (χ0) is 18.6. The predicted octanol–water partition coefficient (Wildman–Crippen LogP) is 4.77. The molecule has 1 aromatic heterocycles. The van der Waals surface area contributed by atoms with E-state index in [1.807, 2.05) is 29.2 Å². The number of amides is 2. The van der Waals surface area contributed by atoms with E-state index < -0.39 is 5.91 Å². The lowest BCUT2D eigenvalue weighted by molar-refractivity contribution is -0.146. The maximum absolute atomic E-state index is 12.8. The van der Waals surface area contributed by atoms with Crippen LogP contribution >= 0.6 is 23.1 Å². The molecule has 1 saturated carbocycles. The maximum Gasteiger partial charge on any atom is 0.313 e. The van der Waals surface area contributed by atoms with Crippen LogP contribution < -0.4 is 5.32 Å². The van der Waals surface area contributed by atoms with Crippen LogP contribution in [0.3, 0.4) is 0 Å². The zero-order valence-electron chi connectivity index (χ0n) is 15.2. The van der Waals surface area contributed by atoms with Crippen LogP contribution in [-0.2, 0) is 15.3 Å². The molecule has 0 bridgehead atoms. The van der Waals surface area contributed by atoms with Crippen LogP contribution in [0, 0.1) is 5.92 Å². The number of thioether (sulfide) groups is 1. The van der Waals surface area contributed by atoms with E-state index in [0.29, 0.717) is 12.5 Å². The van der Waals surface area contributed by atoms with Gasteiger partial charge in [-0.3, -0.25) is 9.59 Å². The Bertz CT molecular complexity index is 806. The first-order valence-corrected chi connectivity index (χ1v) is 11.5. The number of nitrogens with zero attached hydrogens (tertiary/aromatic N) is 1. The largest absolute Gasteiger partial charge is 0.331 e. The highest BCUT2D eigenvalue weighted by Gasteiger charge is 2.39. The van der Waals surface area contributed by atoms with Gasteiger partial charge in [-0.1, -0.05) is 18.6 Å². The molecule has 2 atom stereocenters. The van der Waals surface area contributed by atoms with Gasteiger partial charge in [0.05, 0.1) is 5.69 Å². The van der Waals surface area contributed by atoms with Crippen molar-refractivity contribution < 1.29 is 9.59 Å². The molecular formula is C21H24N2O2S2. The molecule has 4 nitrogen and oxygen atoms in total. The Morgan fingerprint density at radius 2 is 2.00 bits per heavy atom. The van der Waals surface area contributed by atoms with Gasteiger partial charge in [0.15, 0.2) is 0 Å². The van der Waals surface area contributed by atoms with E-state index in [2.05, 4.69) is 22.1 Å². The van der Waals surface area contributed by atoms with Crippen molar-refractivity contribution in [2.75, 3.05) is 11.9 Å². The van der Waals surface area contributed by atoms with Gasteiger partial charge in [0, 0.05) is 23.2 Å². The number of fused-ring (bicyclic) bond motifs is 1. The van der Waals surface area contributed by atoms with Crippen LogP contribution in [0.25, 0.3) is 0 Å². The van der Waals surface area contributed by atoms with Gasteiger partial charge < -0.3 is 10.2 Å². The van der Waals surface area contributed by atoms with E-state index in [9.17, 15) is 9.59 Å². The Balaban J connectivity index is 1.42. The third-order valence-electron chi connectivity index (χ3n) is 5.56. The second-order valence-electron chi connectivity index (χ2n) is 7.27. The van der Waals surface area contributed by atoms with E-state index in [1.165, 1.54) is 24.8 Å². The summed E-state index contributed by atoms with van der Waals surface area (Å²) in [5.41, 5.74) is 1.99. The summed E-state index contributed by atoms with van der Waals surface area (Å²) in [6.07, 6.45) is 5.60. The number of likely N-dealkylation sites (tertiary alicyclic amines) is 1. The molecule has 27 heavy (non-hydrogen) atoms. The van der Waals surface area contributed by atoms with Gasteiger partial charge in [-0.2, -0.15) is 11.3 Å². The lowest BCUT2D eigenvalue weighted by Crippen LogP contribution is -2.50. The monoisotopic (exact) mass is 400 g/mol. The minimum absolute atomic E-state index is 0.264. The topological polar surface area (TPSA) is 49.4 Å². The first kappa shape index (κ1) is 18.6. The van der Waals surface area contributed by atoms with E-state index in [0.717, 1.165) is 29.2 Å². The molecule has 4 rings (SSSR count). The number of nitrogens with one attached hydrogen (secondary N) is 1. The molecule has 6 heteroatoms. The highest BCUT2D eigenvalue weighted by molar-refractivity contribution is 7.98. The molecular weight excluding hydrogens is 376 g/mol. The second-order valence-corrected chi connectivity index (χ2v) is 9.07. The number of rotatable bonds is 4. The van der Waals surface area contributed by atoms with Gasteiger partial charge in [-0.15, -0.1) is 11.8 Å². The van der Waals surface area contributed by atoms with Gasteiger partial charge in [-0.25, -0.2) is 0 Å². The van der Waals surface area contributed by atoms with E-state index in [-0.39, 0.29) is 11.9 Å². The van der Waals surface area contributed by atoms with Crippen molar-refractivity contribution in [1.82, 2.24) is 4.90 Å². The van der Waals surface area contributed by atoms with Crippen molar-refractivity contribution in [2.24, 2.45) is 5.92 Å². The number of thiophene rings is 1. The van der Waals surface area contributed by atoms with Crippen molar-refractivity contribution in [1.29, 1.82) is 0 Å². The molecule has 1 aliphatic carbocycles. The summed E-state index contributed by atoms with van der Waals surface area (Å²) in [7, 11) is 0. The maximum atomic E-state index is 12.8. The van der Waals surface area contributed by atoms with Crippen LogP contribution in [-0.4, -0.2) is 29.3 Å². The van der Waals surface area contributed by atoms with Crippen LogP contribution in [0.15, 0.2) is 46.0 Å². The van der Waals surface area contributed by atoms with E-state index in [4.69, 9.17) is 0 Å². The summed E-state index contributed by atoms with van der Waals surface area (Å²) in [4.78, 5) is 28.3. The number of carbonyl (C=O) groups is 2. The van der Waals surface area contributed by atoms with Crippen molar-refractivity contribution in [3.05, 3.63) is 46.7 Å². The zero-order valence-corrected chi connectivity index (χ0v) is 16.9. The number of carbonyl (C=O) groups excluding carboxylic acids is 2. The van der Waals surface area contributed by atoms with Crippen LogP contribution in [0.4, 0.5) is 5.69 Å². The fourth-order valence-electron chi connectivity index (χ4n) is 4.24. The Morgan fingerprint density at radius 3 is 2.85 bits per heavy atom. The van der Waals surface area contributed by atoms with Gasteiger partial charge in [0.25, 0.3) is 0 Å². The smallest absolute Gasteiger partial charge is 0.313 e. The molecule has 2 unspecified atom stereocenters. The quantitative estimate of drug-likeness (QED) is 0.594. The average molecular weight is 401 g/mol. The van der Waals surface area contributed by atoms with Gasteiger partial charge >= 0.3 is 11.8 Å². The first-order valence-electron chi connectivity index (χ1n) is 9.57. The van der Waals surface area contributed by atoms with Crippen molar-refractivity contribution >= 4 is 40.6 Å². The number of para-hydroxylation sites is 1. The molecule has 2 amide bonds. The Hall–Kier alpha value is -1.79. The number of anilines is 1. The van der Waals surface area contributed by atoms with E-state index >= 15 is 0 Å². The minimum atomic E-state index is -0.508. The molecule has 2 aromatic rings. The number of hydrogen-bond acceptors (Lipinski definition) is 4.